The van der Waals surface area contributed by atoms with E-state index in [-0.39, 0.29) is 23.7 Å². The van der Waals surface area contributed by atoms with Crippen LogP contribution >= 0.6 is 0 Å². The molecule has 2 aromatic carbocycles. The molecule has 0 saturated heterocycles. The summed E-state index contributed by atoms with van der Waals surface area (Å²) in [5.74, 6) is -5.62. The number of carbonyl (C=O) groups is 2. The van der Waals surface area contributed by atoms with Crippen molar-refractivity contribution in [2.45, 2.75) is 6.54 Å². The molecule has 0 atom stereocenters. The van der Waals surface area contributed by atoms with Gasteiger partial charge in [0.2, 0.25) is 0 Å². The fourth-order valence-corrected chi connectivity index (χ4v) is 2.53. The highest BCUT2D eigenvalue weighted by molar-refractivity contribution is 6.17. The number of nitrogens with zero attached hydrogens (tertiary/aromatic N) is 1. The Labute approximate surface area is 151 Å². The van der Waals surface area contributed by atoms with Crippen LogP contribution in [0, 0.1) is 17.5 Å². The lowest BCUT2D eigenvalue weighted by atomic mass is 10.2. The molecular weight excluding hydrogens is 365 g/mol. The van der Waals surface area contributed by atoms with Crippen LogP contribution in [0.5, 0.6) is 11.5 Å². The number of methoxy groups -OCH3 is 1. The normalized spacial score (nSPS) is 13.8. The molecule has 0 spiro atoms. The van der Waals surface area contributed by atoms with Gasteiger partial charge in [0.25, 0.3) is 11.8 Å². The zero-order valence-corrected chi connectivity index (χ0v) is 13.9. The summed E-state index contributed by atoms with van der Waals surface area (Å²) >= 11 is 0. The third-order valence-electron chi connectivity index (χ3n) is 3.86. The number of phenols is 1. The van der Waals surface area contributed by atoms with Crippen molar-refractivity contribution in [2.24, 2.45) is 0 Å². The van der Waals surface area contributed by atoms with Gasteiger partial charge in [-0.05, 0) is 17.7 Å². The number of aromatic hydroxyl groups is 1. The van der Waals surface area contributed by atoms with Crippen LogP contribution < -0.4 is 10.1 Å². The number of carbonyl (C=O) groups excluding carboxylic acids is 2. The Morgan fingerprint density at radius 3 is 2.33 bits per heavy atom. The van der Waals surface area contributed by atoms with E-state index in [2.05, 4.69) is 5.32 Å². The molecular formula is C18H13F3N2O4. The van der Waals surface area contributed by atoms with Crippen molar-refractivity contribution >= 4 is 17.5 Å². The molecule has 0 saturated carbocycles. The first-order valence-corrected chi connectivity index (χ1v) is 7.65. The minimum atomic E-state index is -1.22. The van der Waals surface area contributed by atoms with Crippen LogP contribution in [-0.4, -0.2) is 28.9 Å². The third kappa shape index (κ3) is 3.57. The van der Waals surface area contributed by atoms with Crippen molar-refractivity contribution in [2.75, 3.05) is 12.4 Å². The second-order valence-electron chi connectivity index (χ2n) is 5.67. The lowest BCUT2D eigenvalue weighted by molar-refractivity contribution is -0.137. The lowest BCUT2D eigenvalue weighted by Gasteiger charge is -2.16. The number of phenolic OH excluding ortho intramolecular Hbond substituents is 1. The van der Waals surface area contributed by atoms with Gasteiger partial charge in [-0.15, -0.1) is 0 Å². The number of benzene rings is 2. The third-order valence-corrected chi connectivity index (χ3v) is 3.86. The van der Waals surface area contributed by atoms with Gasteiger partial charge >= 0.3 is 0 Å². The van der Waals surface area contributed by atoms with E-state index in [4.69, 9.17) is 9.84 Å². The molecule has 9 heteroatoms. The van der Waals surface area contributed by atoms with Crippen LogP contribution in [0.3, 0.4) is 0 Å². The van der Waals surface area contributed by atoms with Crippen LogP contribution in [-0.2, 0) is 16.1 Å². The van der Waals surface area contributed by atoms with Gasteiger partial charge in [0, 0.05) is 23.9 Å². The van der Waals surface area contributed by atoms with E-state index in [0.29, 0.717) is 5.56 Å². The average molecular weight is 378 g/mol. The van der Waals surface area contributed by atoms with Crippen molar-refractivity contribution in [1.82, 2.24) is 4.90 Å². The van der Waals surface area contributed by atoms with E-state index in [1.807, 2.05) is 0 Å². The molecule has 3 rings (SSSR count). The quantitative estimate of drug-likeness (QED) is 0.618. The molecule has 6 nitrogen and oxygen atoms in total. The summed E-state index contributed by atoms with van der Waals surface area (Å²) in [6, 6.07) is 5.55. The summed E-state index contributed by atoms with van der Waals surface area (Å²) in [5.41, 5.74) is -0.0163. The highest BCUT2D eigenvalue weighted by Gasteiger charge is 2.31. The smallest absolute Gasteiger partial charge is 0.277 e. The SMILES string of the molecule is COc1ccc(CN2C(=O)C=C(Nc3cc(F)c(O)c(F)c3)C2=O)cc1F. The van der Waals surface area contributed by atoms with Crippen LogP contribution in [0.4, 0.5) is 18.9 Å². The van der Waals surface area contributed by atoms with E-state index >= 15 is 0 Å². The number of rotatable bonds is 5. The predicted octanol–water partition coefficient (Wildman–Crippen LogP) is 2.68. The number of hydrogen-bond acceptors (Lipinski definition) is 5. The summed E-state index contributed by atoms with van der Waals surface area (Å²) in [5, 5.41) is 11.5. The monoisotopic (exact) mass is 378 g/mol. The van der Waals surface area contributed by atoms with Crippen molar-refractivity contribution in [1.29, 1.82) is 0 Å². The van der Waals surface area contributed by atoms with Gasteiger partial charge in [-0.25, -0.2) is 13.2 Å². The first-order valence-electron chi connectivity index (χ1n) is 7.65. The fourth-order valence-electron chi connectivity index (χ4n) is 2.53. The molecule has 140 valence electrons. The van der Waals surface area contributed by atoms with Crippen LogP contribution in [0.2, 0.25) is 0 Å². The molecule has 2 N–H and O–H groups in total. The van der Waals surface area contributed by atoms with Gasteiger partial charge < -0.3 is 15.2 Å². The number of amides is 2. The first-order chi connectivity index (χ1) is 12.8. The molecule has 0 aliphatic carbocycles. The summed E-state index contributed by atoms with van der Waals surface area (Å²) in [7, 11) is 1.31. The fraction of sp³-hybridized carbons (Fsp3) is 0.111. The Balaban J connectivity index is 1.76. The van der Waals surface area contributed by atoms with Gasteiger partial charge in [-0.1, -0.05) is 6.07 Å². The second-order valence-corrected chi connectivity index (χ2v) is 5.67. The van der Waals surface area contributed by atoms with Gasteiger partial charge in [-0.2, -0.15) is 0 Å². The molecule has 1 aliphatic heterocycles. The van der Waals surface area contributed by atoms with E-state index in [1.54, 1.807) is 0 Å². The molecule has 1 aliphatic rings. The first kappa shape index (κ1) is 18.3. The predicted molar refractivity (Wildman–Crippen MR) is 88.2 cm³/mol. The maximum atomic E-state index is 13.8. The van der Waals surface area contributed by atoms with Gasteiger partial charge in [0.05, 0.1) is 13.7 Å². The number of halogens is 3. The summed E-state index contributed by atoms with van der Waals surface area (Å²) in [6.45, 7) is -0.196. The Morgan fingerprint density at radius 2 is 1.74 bits per heavy atom. The molecule has 0 radical (unpaired) electrons. The molecule has 1 heterocycles. The minimum absolute atomic E-state index is 0.0229. The maximum absolute atomic E-state index is 13.8. The zero-order valence-electron chi connectivity index (χ0n) is 13.9. The standard InChI is InChI=1S/C18H13F3N2O4/c1-27-15-3-2-9(4-11(15)19)8-23-16(24)7-14(18(23)26)22-10-5-12(20)17(25)13(21)6-10/h2-7,22,25H,8H2,1H3. The summed E-state index contributed by atoms with van der Waals surface area (Å²) in [4.78, 5) is 25.3. The van der Waals surface area contributed by atoms with Gasteiger partial charge in [0.15, 0.2) is 29.0 Å². The Bertz CT molecular complexity index is 952. The molecule has 0 fully saturated rings. The molecule has 2 aromatic rings. The summed E-state index contributed by atoms with van der Waals surface area (Å²) < 4.78 is 45.4. The van der Waals surface area contributed by atoms with Crippen LogP contribution in [0.1, 0.15) is 5.56 Å². The average Bonchev–Trinajstić information content (AvgIpc) is 2.87. The van der Waals surface area contributed by atoms with Crippen molar-refractivity contribution < 1.29 is 32.6 Å². The molecule has 0 unspecified atom stereocenters. The topological polar surface area (TPSA) is 78.9 Å². The van der Waals surface area contributed by atoms with Crippen molar-refractivity contribution in [3.05, 3.63) is 65.1 Å². The minimum Gasteiger partial charge on any atom is -0.503 e. The number of imide groups is 1. The lowest BCUT2D eigenvalue weighted by Crippen LogP contribution is -2.31. The van der Waals surface area contributed by atoms with E-state index in [0.717, 1.165) is 29.2 Å². The van der Waals surface area contributed by atoms with Crippen molar-refractivity contribution in [3.8, 4) is 11.5 Å². The van der Waals surface area contributed by atoms with E-state index in [1.165, 1.54) is 19.2 Å². The van der Waals surface area contributed by atoms with Crippen LogP contribution in [0.15, 0.2) is 42.1 Å². The number of hydrogen-bond donors (Lipinski definition) is 2. The number of ether oxygens (including phenoxy) is 1. The van der Waals surface area contributed by atoms with Crippen LogP contribution in [0.25, 0.3) is 0 Å². The Morgan fingerprint density at radius 1 is 1.07 bits per heavy atom. The molecule has 0 bridgehead atoms. The zero-order chi connectivity index (χ0) is 19.7. The molecule has 2 amide bonds. The van der Waals surface area contributed by atoms with E-state index < -0.39 is 35.0 Å². The van der Waals surface area contributed by atoms with Gasteiger partial charge in [0.1, 0.15) is 5.70 Å². The van der Waals surface area contributed by atoms with Crippen molar-refractivity contribution in [3.63, 3.8) is 0 Å². The number of nitrogens with one attached hydrogen (secondary N) is 1. The highest BCUT2D eigenvalue weighted by Crippen LogP contribution is 2.27. The van der Waals surface area contributed by atoms with Gasteiger partial charge in [-0.3, -0.25) is 14.5 Å². The van der Waals surface area contributed by atoms with E-state index in [9.17, 15) is 22.8 Å². The maximum Gasteiger partial charge on any atom is 0.277 e. The molecule has 0 aromatic heterocycles. The largest absolute Gasteiger partial charge is 0.503 e. The summed E-state index contributed by atoms with van der Waals surface area (Å²) in [6.07, 6.45) is 0.963. The Hall–Kier alpha value is -3.49. The number of anilines is 1. The Kier molecular flexibility index (Phi) is 4.76. The highest BCUT2D eigenvalue weighted by atomic mass is 19.1. The second kappa shape index (κ2) is 7.02. The molecule has 27 heavy (non-hydrogen) atoms.